The summed E-state index contributed by atoms with van der Waals surface area (Å²) in [6.45, 7) is 3.87. The fourth-order valence-electron chi connectivity index (χ4n) is 1.43. The molecule has 0 heterocycles. The average Bonchev–Trinajstić information content (AvgIpc) is 2.37. The van der Waals surface area contributed by atoms with Crippen LogP contribution in [0.25, 0.3) is 0 Å². The molecule has 2 heteroatoms. The van der Waals surface area contributed by atoms with Gasteiger partial charge in [0, 0.05) is 6.42 Å². The summed E-state index contributed by atoms with van der Waals surface area (Å²) in [4.78, 5) is 11.8. The van der Waals surface area contributed by atoms with Crippen molar-refractivity contribution in [3.63, 3.8) is 0 Å². The topological polar surface area (TPSA) is 26.3 Å². The van der Waals surface area contributed by atoms with Crippen molar-refractivity contribution in [2.24, 2.45) is 0 Å². The van der Waals surface area contributed by atoms with Crippen molar-refractivity contribution < 1.29 is 9.53 Å². The summed E-state index contributed by atoms with van der Waals surface area (Å²) in [6.07, 6.45) is 8.24. The van der Waals surface area contributed by atoms with E-state index in [1.165, 1.54) is 0 Å². The molecule has 90 valence electrons. The maximum absolute atomic E-state index is 11.8. The van der Waals surface area contributed by atoms with Gasteiger partial charge in [-0.15, -0.1) is 0 Å². The fraction of sp³-hybridized carbons (Fsp3) is 0.267. The molecule has 1 rings (SSSR count). The molecule has 17 heavy (non-hydrogen) atoms. The lowest BCUT2D eigenvalue weighted by Gasteiger charge is -2.12. The van der Waals surface area contributed by atoms with Crippen LogP contribution < -0.4 is 0 Å². The van der Waals surface area contributed by atoms with Gasteiger partial charge in [-0.2, -0.15) is 0 Å². The average molecular weight is 230 g/mol. The van der Waals surface area contributed by atoms with Crippen LogP contribution in [0.5, 0.6) is 0 Å². The van der Waals surface area contributed by atoms with Gasteiger partial charge >= 0.3 is 5.97 Å². The van der Waals surface area contributed by atoms with E-state index in [2.05, 4.69) is 0 Å². The van der Waals surface area contributed by atoms with Crippen LogP contribution in [0.4, 0.5) is 0 Å². The van der Waals surface area contributed by atoms with E-state index in [0.717, 1.165) is 0 Å². The number of benzene rings is 1. The maximum Gasteiger partial charge on any atom is 0.338 e. The normalized spacial score (nSPS) is 13.1. The first-order valence-corrected chi connectivity index (χ1v) is 5.78. The van der Waals surface area contributed by atoms with Gasteiger partial charge in [-0.25, -0.2) is 4.79 Å². The Morgan fingerprint density at radius 2 is 1.94 bits per heavy atom. The third-order valence-electron chi connectivity index (χ3n) is 2.28. The highest BCUT2D eigenvalue weighted by atomic mass is 16.5. The summed E-state index contributed by atoms with van der Waals surface area (Å²) < 4.78 is 5.40. The van der Waals surface area contributed by atoms with Crippen LogP contribution in [0, 0.1) is 0 Å². The van der Waals surface area contributed by atoms with E-state index in [1.807, 2.05) is 56.4 Å². The number of esters is 1. The summed E-state index contributed by atoms with van der Waals surface area (Å²) in [6, 6.07) is 9.04. The Bertz CT molecular complexity index is 391. The van der Waals surface area contributed by atoms with Crippen molar-refractivity contribution in [1.29, 1.82) is 0 Å². The predicted octanol–water partition coefficient (Wildman–Crippen LogP) is 3.75. The van der Waals surface area contributed by atoms with Crippen molar-refractivity contribution in [2.45, 2.75) is 26.4 Å². The Morgan fingerprint density at radius 1 is 1.24 bits per heavy atom. The number of ether oxygens (including phenoxy) is 1. The fourth-order valence-corrected chi connectivity index (χ4v) is 1.43. The standard InChI is InChI=1S/C15H18O2/c1-3-5-12-14(9-4-2)17-15(16)13-10-7-6-8-11-13/h3-11,14H,12H2,1-2H3/b5-3+,9-4-. The quantitative estimate of drug-likeness (QED) is 0.568. The molecule has 0 amide bonds. The Morgan fingerprint density at radius 3 is 2.53 bits per heavy atom. The van der Waals surface area contributed by atoms with E-state index >= 15 is 0 Å². The van der Waals surface area contributed by atoms with Crippen molar-refractivity contribution in [3.8, 4) is 0 Å². The first-order chi connectivity index (χ1) is 8.27. The summed E-state index contributed by atoms with van der Waals surface area (Å²) in [5.41, 5.74) is 0.586. The second-order valence-electron chi connectivity index (χ2n) is 3.64. The van der Waals surface area contributed by atoms with Crippen LogP contribution in [-0.2, 0) is 4.74 Å². The highest BCUT2D eigenvalue weighted by Crippen LogP contribution is 2.08. The molecule has 0 aliphatic heterocycles. The van der Waals surface area contributed by atoms with Crippen LogP contribution in [0.2, 0.25) is 0 Å². The Kier molecular flexibility index (Phi) is 5.80. The monoisotopic (exact) mass is 230 g/mol. The molecular weight excluding hydrogens is 212 g/mol. The van der Waals surface area contributed by atoms with Gasteiger partial charge in [0.05, 0.1) is 5.56 Å². The predicted molar refractivity (Wildman–Crippen MR) is 69.9 cm³/mol. The van der Waals surface area contributed by atoms with E-state index in [4.69, 9.17) is 4.74 Å². The van der Waals surface area contributed by atoms with Crippen LogP contribution >= 0.6 is 0 Å². The molecule has 2 nitrogen and oxygen atoms in total. The van der Waals surface area contributed by atoms with Gasteiger partial charge in [0.15, 0.2) is 0 Å². The van der Waals surface area contributed by atoms with Crippen molar-refractivity contribution >= 4 is 5.97 Å². The summed E-state index contributed by atoms with van der Waals surface area (Å²) in [5.74, 6) is -0.279. The van der Waals surface area contributed by atoms with E-state index < -0.39 is 0 Å². The SMILES string of the molecule is C/C=C\C(C/C=C/C)OC(=O)c1ccccc1. The van der Waals surface area contributed by atoms with Crippen LogP contribution in [0.3, 0.4) is 0 Å². The maximum atomic E-state index is 11.8. The van der Waals surface area contributed by atoms with Gasteiger partial charge in [0.1, 0.15) is 6.10 Å². The smallest absolute Gasteiger partial charge is 0.338 e. The first kappa shape index (κ1) is 13.2. The molecule has 0 bridgehead atoms. The minimum atomic E-state index is -0.279. The highest BCUT2D eigenvalue weighted by Gasteiger charge is 2.11. The number of rotatable bonds is 5. The van der Waals surface area contributed by atoms with Crippen molar-refractivity contribution in [2.75, 3.05) is 0 Å². The molecular formula is C15H18O2. The first-order valence-electron chi connectivity index (χ1n) is 5.78. The lowest BCUT2D eigenvalue weighted by Crippen LogP contribution is -2.15. The number of hydrogen-bond donors (Lipinski definition) is 0. The Labute approximate surface area is 103 Å². The number of carbonyl (C=O) groups is 1. The summed E-state index contributed by atoms with van der Waals surface area (Å²) in [7, 11) is 0. The molecule has 1 aromatic carbocycles. The number of carbonyl (C=O) groups excluding carboxylic acids is 1. The zero-order valence-electron chi connectivity index (χ0n) is 10.3. The Hall–Kier alpha value is -1.83. The zero-order chi connectivity index (χ0) is 12.5. The minimum Gasteiger partial charge on any atom is -0.454 e. The third-order valence-corrected chi connectivity index (χ3v) is 2.28. The van der Waals surface area contributed by atoms with Crippen LogP contribution in [0.1, 0.15) is 30.6 Å². The van der Waals surface area contributed by atoms with E-state index in [1.54, 1.807) is 12.1 Å². The van der Waals surface area contributed by atoms with E-state index in [-0.39, 0.29) is 12.1 Å². The van der Waals surface area contributed by atoms with Crippen LogP contribution in [-0.4, -0.2) is 12.1 Å². The molecule has 0 spiro atoms. The summed E-state index contributed by atoms with van der Waals surface area (Å²) >= 11 is 0. The molecule has 1 aromatic rings. The molecule has 0 N–H and O–H groups in total. The minimum absolute atomic E-state index is 0.191. The van der Waals surface area contributed by atoms with Gasteiger partial charge in [0.25, 0.3) is 0 Å². The van der Waals surface area contributed by atoms with E-state index in [9.17, 15) is 4.79 Å². The van der Waals surface area contributed by atoms with Gasteiger partial charge in [-0.1, -0.05) is 36.4 Å². The largest absolute Gasteiger partial charge is 0.454 e. The molecule has 0 aliphatic rings. The molecule has 0 saturated carbocycles. The van der Waals surface area contributed by atoms with Crippen molar-refractivity contribution in [1.82, 2.24) is 0 Å². The molecule has 0 aliphatic carbocycles. The third kappa shape index (κ3) is 4.68. The Balaban J connectivity index is 2.64. The molecule has 0 aromatic heterocycles. The number of allylic oxidation sites excluding steroid dienone is 2. The van der Waals surface area contributed by atoms with Crippen molar-refractivity contribution in [3.05, 3.63) is 60.2 Å². The lowest BCUT2D eigenvalue weighted by atomic mass is 10.2. The summed E-state index contributed by atoms with van der Waals surface area (Å²) in [5, 5.41) is 0. The lowest BCUT2D eigenvalue weighted by molar-refractivity contribution is 0.0399. The number of hydrogen-bond acceptors (Lipinski definition) is 2. The molecule has 1 atom stereocenters. The molecule has 1 unspecified atom stereocenters. The van der Waals surface area contributed by atoms with Gasteiger partial charge in [-0.05, 0) is 32.1 Å². The van der Waals surface area contributed by atoms with E-state index in [0.29, 0.717) is 12.0 Å². The molecule has 0 saturated heterocycles. The van der Waals surface area contributed by atoms with Gasteiger partial charge in [-0.3, -0.25) is 0 Å². The second-order valence-corrected chi connectivity index (χ2v) is 3.64. The highest BCUT2D eigenvalue weighted by molar-refractivity contribution is 5.89. The van der Waals surface area contributed by atoms with Gasteiger partial charge in [0.2, 0.25) is 0 Å². The van der Waals surface area contributed by atoms with Gasteiger partial charge < -0.3 is 4.74 Å². The van der Waals surface area contributed by atoms with Crippen LogP contribution in [0.15, 0.2) is 54.6 Å². The second kappa shape index (κ2) is 7.44. The molecule has 0 radical (unpaired) electrons. The zero-order valence-corrected chi connectivity index (χ0v) is 10.3. The molecule has 0 fully saturated rings.